The number of carbonyl (C=O) groups is 1. The third kappa shape index (κ3) is 9.55. The lowest BCUT2D eigenvalue weighted by Gasteiger charge is -2.37. The summed E-state index contributed by atoms with van der Waals surface area (Å²) in [6.45, 7) is 9.65. The van der Waals surface area contributed by atoms with Crippen LogP contribution in [0.4, 0.5) is 21.8 Å². The topological polar surface area (TPSA) is 73.8 Å². The quantitative estimate of drug-likeness (QED) is 0.189. The van der Waals surface area contributed by atoms with E-state index in [-0.39, 0.29) is 68.2 Å². The van der Waals surface area contributed by atoms with Crippen LogP contribution < -0.4 is 10.2 Å². The van der Waals surface area contributed by atoms with Crippen molar-refractivity contribution in [3.8, 4) is 0 Å². The molecule has 2 aliphatic rings. The molecule has 1 unspecified atom stereocenters. The number of esters is 1. The Morgan fingerprint density at radius 1 is 0.872 bits per heavy atom. The first kappa shape index (κ1) is 38.0. The van der Waals surface area contributed by atoms with Crippen molar-refractivity contribution < 1.29 is 13.9 Å². The fraction of sp³-hybridized carbons (Fsp3) is 0.343. The molecule has 2 aliphatic heterocycles. The first-order valence-electron chi connectivity index (χ1n) is 15.3. The number of ether oxygens (including phenoxy) is 1. The van der Waals surface area contributed by atoms with Crippen molar-refractivity contribution in [1.29, 1.82) is 0 Å². The summed E-state index contributed by atoms with van der Waals surface area (Å²) >= 11 is 0. The van der Waals surface area contributed by atoms with Gasteiger partial charge in [0.2, 0.25) is 5.95 Å². The maximum atomic E-state index is 13.5. The Bertz CT molecular complexity index is 1590. The highest BCUT2D eigenvalue weighted by molar-refractivity contribution is 5.86. The summed E-state index contributed by atoms with van der Waals surface area (Å²) in [4.78, 5) is 29.5. The van der Waals surface area contributed by atoms with Gasteiger partial charge in [-0.05, 0) is 61.2 Å². The van der Waals surface area contributed by atoms with Gasteiger partial charge in [0.25, 0.3) is 0 Å². The van der Waals surface area contributed by atoms with E-state index in [9.17, 15) is 9.18 Å². The van der Waals surface area contributed by atoms with E-state index < -0.39 is 0 Å². The Labute approximate surface area is 295 Å². The number of nitrogens with zero attached hydrogens (tertiary/aromatic N) is 5. The van der Waals surface area contributed by atoms with Crippen molar-refractivity contribution >= 4 is 60.6 Å². The summed E-state index contributed by atoms with van der Waals surface area (Å²) in [5, 5.41) is 3.22. The number of fused-ring (bicyclic) bond motifs is 1. The molecule has 1 N–H and O–H groups in total. The van der Waals surface area contributed by atoms with Gasteiger partial charge in [0.1, 0.15) is 18.2 Å². The zero-order valence-electron chi connectivity index (χ0n) is 26.6. The van der Waals surface area contributed by atoms with Gasteiger partial charge >= 0.3 is 5.97 Å². The zero-order chi connectivity index (χ0) is 30.5. The van der Waals surface area contributed by atoms with Gasteiger partial charge in [0.05, 0.1) is 18.3 Å². The van der Waals surface area contributed by atoms with Gasteiger partial charge in [-0.25, -0.2) is 9.37 Å². The third-order valence-electron chi connectivity index (χ3n) is 8.62. The van der Waals surface area contributed by atoms with Crippen molar-refractivity contribution in [3.05, 3.63) is 113 Å². The van der Waals surface area contributed by atoms with Crippen LogP contribution in [-0.2, 0) is 29.1 Å². The largest absolute Gasteiger partial charge is 0.458 e. The van der Waals surface area contributed by atoms with Crippen molar-refractivity contribution in [2.45, 2.75) is 39.5 Å². The molecule has 0 aliphatic carbocycles. The van der Waals surface area contributed by atoms with Crippen LogP contribution in [0.15, 0.2) is 78.9 Å². The van der Waals surface area contributed by atoms with Gasteiger partial charge < -0.3 is 15.0 Å². The molecule has 8 nitrogen and oxygen atoms in total. The number of hydrogen-bond acceptors (Lipinski definition) is 8. The lowest BCUT2D eigenvalue weighted by molar-refractivity contribution is -0.146. The maximum absolute atomic E-state index is 13.5. The van der Waals surface area contributed by atoms with Crippen LogP contribution in [0.3, 0.4) is 0 Å². The van der Waals surface area contributed by atoms with E-state index in [1.807, 2.05) is 13.0 Å². The fourth-order valence-corrected chi connectivity index (χ4v) is 6.07. The highest BCUT2D eigenvalue weighted by Crippen LogP contribution is 2.35. The zero-order valence-corrected chi connectivity index (χ0v) is 29.1. The number of carbonyl (C=O) groups excluding carboxylic acids is 1. The molecular formula is C35H42Cl3FN6O2. The van der Waals surface area contributed by atoms with Crippen molar-refractivity contribution in [2.75, 3.05) is 49.5 Å². The van der Waals surface area contributed by atoms with E-state index in [1.165, 1.54) is 28.8 Å². The van der Waals surface area contributed by atoms with Gasteiger partial charge in [-0.3, -0.25) is 14.6 Å². The number of nitrogens with one attached hydrogen (secondary N) is 1. The van der Waals surface area contributed by atoms with Gasteiger partial charge in [0, 0.05) is 50.5 Å². The monoisotopic (exact) mass is 702 g/mol. The summed E-state index contributed by atoms with van der Waals surface area (Å²) < 4.78 is 19.3. The normalized spacial score (nSPS) is 16.1. The lowest BCUT2D eigenvalue weighted by atomic mass is 9.93. The molecule has 4 aromatic rings. The summed E-state index contributed by atoms with van der Waals surface area (Å²) in [7, 11) is 0. The standard InChI is InChI=1S/C35H39FN6O2.3ClH/c1-25-32(24-44-33(43)23-41-20-18-40(19-21-41)22-27-8-4-3-5-9-27)38-35(37-30-14-12-29(36)13-15-30)39-34(25)42-17-16-28-10-6-7-11-31(28)26(42)2;;;/h3-15,26H,16-24H2,1-2H3,(H,37,38,39);3*1H. The molecule has 0 bridgehead atoms. The molecule has 3 heterocycles. The molecule has 12 heteroatoms. The SMILES string of the molecule is Cc1c(COC(=O)CN2CCN(Cc3ccccc3)CC2)nc(Nc2ccc(F)cc2)nc1N1CCc2ccccc2C1C.Cl.Cl.Cl. The molecule has 0 radical (unpaired) electrons. The van der Waals surface area contributed by atoms with Gasteiger partial charge in [0.15, 0.2) is 0 Å². The number of rotatable bonds is 9. The van der Waals surface area contributed by atoms with E-state index in [0.29, 0.717) is 17.3 Å². The number of hydrogen-bond donors (Lipinski definition) is 1. The second-order valence-electron chi connectivity index (χ2n) is 11.6. The molecule has 0 amide bonds. The number of halogens is 4. The Morgan fingerprint density at radius 2 is 1.53 bits per heavy atom. The molecule has 252 valence electrons. The average molecular weight is 704 g/mol. The van der Waals surface area contributed by atoms with Crippen LogP contribution in [0.1, 0.15) is 40.9 Å². The first-order valence-corrected chi connectivity index (χ1v) is 15.3. The molecule has 1 fully saturated rings. The molecule has 1 saturated heterocycles. The van der Waals surface area contributed by atoms with Crippen molar-refractivity contribution in [2.24, 2.45) is 0 Å². The predicted octanol–water partition coefficient (Wildman–Crippen LogP) is 6.92. The molecule has 1 aromatic heterocycles. The van der Waals surface area contributed by atoms with E-state index in [1.54, 1.807) is 12.1 Å². The van der Waals surface area contributed by atoms with Crippen LogP contribution in [0.2, 0.25) is 0 Å². The minimum atomic E-state index is -0.313. The lowest BCUT2D eigenvalue weighted by Crippen LogP contribution is -2.47. The molecule has 0 spiro atoms. The van der Waals surface area contributed by atoms with Gasteiger partial charge in [-0.1, -0.05) is 54.6 Å². The molecule has 0 saturated carbocycles. The number of benzene rings is 3. The second kappa shape index (κ2) is 17.6. The Kier molecular flexibility index (Phi) is 14.2. The Morgan fingerprint density at radius 3 is 2.26 bits per heavy atom. The van der Waals surface area contributed by atoms with Gasteiger partial charge in [-0.2, -0.15) is 4.98 Å². The summed E-state index contributed by atoms with van der Waals surface area (Å²) in [6, 6.07) is 25.2. The van der Waals surface area contributed by atoms with Crippen LogP contribution in [-0.4, -0.2) is 65.0 Å². The van der Waals surface area contributed by atoms with E-state index in [4.69, 9.17) is 14.7 Å². The summed E-state index contributed by atoms with van der Waals surface area (Å²) in [5.41, 5.74) is 6.13. The summed E-state index contributed by atoms with van der Waals surface area (Å²) in [6.07, 6.45) is 0.910. The minimum absolute atomic E-state index is 0. The second-order valence-corrected chi connectivity index (χ2v) is 11.6. The molecule has 1 atom stereocenters. The third-order valence-corrected chi connectivity index (χ3v) is 8.62. The van der Waals surface area contributed by atoms with E-state index in [0.717, 1.165) is 57.1 Å². The van der Waals surface area contributed by atoms with Crippen LogP contribution >= 0.6 is 37.2 Å². The van der Waals surface area contributed by atoms with E-state index >= 15 is 0 Å². The Balaban J connectivity index is 0.00000200. The van der Waals surface area contributed by atoms with Crippen LogP contribution in [0.25, 0.3) is 0 Å². The van der Waals surface area contributed by atoms with Gasteiger partial charge in [-0.15, -0.1) is 37.2 Å². The average Bonchev–Trinajstić information content (AvgIpc) is 3.04. The molecular weight excluding hydrogens is 662 g/mol. The smallest absolute Gasteiger partial charge is 0.320 e. The first-order chi connectivity index (χ1) is 21.4. The number of aromatic nitrogens is 2. The minimum Gasteiger partial charge on any atom is -0.458 e. The molecule has 6 rings (SSSR count). The number of anilines is 3. The van der Waals surface area contributed by atoms with Crippen molar-refractivity contribution in [3.63, 3.8) is 0 Å². The number of piperazine rings is 1. The van der Waals surface area contributed by atoms with E-state index in [2.05, 4.69) is 75.5 Å². The Hall–Kier alpha value is -3.47. The van der Waals surface area contributed by atoms with Crippen LogP contribution in [0.5, 0.6) is 0 Å². The highest BCUT2D eigenvalue weighted by Gasteiger charge is 2.28. The summed E-state index contributed by atoms with van der Waals surface area (Å²) in [5.74, 6) is 0.595. The maximum Gasteiger partial charge on any atom is 0.320 e. The fourth-order valence-electron chi connectivity index (χ4n) is 6.07. The van der Waals surface area contributed by atoms with Crippen LogP contribution in [0, 0.1) is 12.7 Å². The molecule has 3 aromatic carbocycles. The molecule has 47 heavy (non-hydrogen) atoms. The van der Waals surface area contributed by atoms with Crippen molar-refractivity contribution in [1.82, 2.24) is 19.8 Å². The predicted molar refractivity (Wildman–Crippen MR) is 192 cm³/mol. The highest BCUT2D eigenvalue weighted by atomic mass is 35.5.